The Morgan fingerprint density at radius 3 is 1.50 bits per heavy atom. The molecule has 0 amide bonds. The maximum atomic E-state index is 12.7. The van der Waals surface area contributed by atoms with Gasteiger partial charge in [-0.25, -0.2) is 0 Å². The van der Waals surface area contributed by atoms with Crippen LogP contribution in [0, 0.1) is 11.8 Å². The summed E-state index contributed by atoms with van der Waals surface area (Å²) in [6.45, 7) is 9.69. The molecule has 0 bridgehead atoms. The van der Waals surface area contributed by atoms with Crippen LogP contribution in [0.2, 0.25) is 0 Å². The molecule has 46 heavy (non-hydrogen) atoms. The molecule has 0 aliphatic rings. The van der Waals surface area contributed by atoms with E-state index in [0.29, 0.717) is 28.7 Å². The summed E-state index contributed by atoms with van der Waals surface area (Å²) >= 11 is 0. The van der Waals surface area contributed by atoms with Crippen molar-refractivity contribution >= 4 is 5.97 Å². The number of ether oxygens (including phenoxy) is 1. The van der Waals surface area contributed by atoms with Crippen LogP contribution in [-0.2, 0) is 31.7 Å². The van der Waals surface area contributed by atoms with Gasteiger partial charge in [0, 0.05) is 51.6 Å². The van der Waals surface area contributed by atoms with E-state index in [2.05, 4.69) is 27.7 Å². The average molecular weight is 643 g/mol. The van der Waals surface area contributed by atoms with Gasteiger partial charge in [0.2, 0.25) is 0 Å². The fourth-order valence-corrected chi connectivity index (χ4v) is 4.67. The minimum atomic E-state index is -0.430. The number of aromatic nitrogens is 2. The first-order valence-corrected chi connectivity index (χ1v) is 14.7. The van der Waals surface area contributed by atoms with E-state index in [9.17, 15) is 19.5 Å². The first kappa shape index (κ1) is 42.5. The van der Waals surface area contributed by atoms with Gasteiger partial charge in [-0.3, -0.25) is 14.4 Å². The molecule has 2 N–H and O–H groups in total. The van der Waals surface area contributed by atoms with Gasteiger partial charge in [-0.2, -0.15) is 7.11 Å². The van der Waals surface area contributed by atoms with Gasteiger partial charge in [0.25, 0.3) is 11.1 Å². The van der Waals surface area contributed by atoms with Gasteiger partial charge < -0.3 is 29.2 Å². The Morgan fingerprint density at radius 2 is 1.11 bits per heavy atom. The monoisotopic (exact) mass is 642 g/mol. The van der Waals surface area contributed by atoms with Crippen molar-refractivity contribution in [2.24, 2.45) is 25.9 Å². The van der Waals surface area contributed by atoms with Crippen LogP contribution in [0.3, 0.4) is 0 Å². The molecular formula is C36H47N2NaO7. The van der Waals surface area contributed by atoms with Crippen LogP contribution in [0.25, 0.3) is 22.3 Å². The number of nitrogens with zero attached hydrogens (tertiary/aromatic N) is 2. The van der Waals surface area contributed by atoms with Crippen molar-refractivity contribution < 1.29 is 54.4 Å². The molecule has 0 unspecified atom stereocenters. The predicted octanol–water partition coefficient (Wildman–Crippen LogP) is 1.72. The van der Waals surface area contributed by atoms with Crippen molar-refractivity contribution in [3.05, 3.63) is 105 Å². The normalized spacial score (nSPS) is 9.93. The fraction of sp³-hybridized carbons (Fsp3) is 0.361. The maximum Gasteiger partial charge on any atom is 1.00 e. The zero-order valence-corrected chi connectivity index (χ0v) is 30.8. The Labute approximate surface area is 294 Å². The SMILES string of the molecule is CC(=O)Oc1cc(CC(C)C)n(C)c(=O)c1-c1ccccc1.CC(C)Cc1cc(O)c(-c2ccccc2)c(=O)n1C.CO.C[O-].[Na+]. The van der Waals surface area contributed by atoms with Crippen LogP contribution < -0.4 is 50.5 Å². The van der Waals surface area contributed by atoms with E-state index in [1.165, 1.54) is 6.92 Å². The average Bonchev–Trinajstić information content (AvgIpc) is 3.01. The topological polar surface area (TPSA) is 134 Å². The second kappa shape index (κ2) is 21.3. The van der Waals surface area contributed by atoms with E-state index >= 15 is 0 Å². The Morgan fingerprint density at radius 1 is 0.739 bits per heavy atom. The minimum Gasteiger partial charge on any atom is -0.857 e. The van der Waals surface area contributed by atoms with Crippen molar-refractivity contribution in [1.82, 2.24) is 9.13 Å². The third-order valence-electron chi connectivity index (χ3n) is 6.62. The van der Waals surface area contributed by atoms with E-state index < -0.39 is 5.97 Å². The Bertz CT molecular complexity index is 1610. The number of benzene rings is 2. The molecule has 0 saturated heterocycles. The number of carbonyl (C=O) groups is 1. The number of carbonyl (C=O) groups excluding carboxylic acids is 1. The zero-order chi connectivity index (χ0) is 34.3. The molecule has 10 heteroatoms. The van der Waals surface area contributed by atoms with E-state index in [1.54, 1.807) is 35.4 Å². The molecule has 4 rings (SSSR count). The van der Waals surface area contributed by atoms with Crippen molar-refractivity contribution in [2.45, 2.75) is 47.5 Å². The first-order valence-electron chi connectivity index (χ1n) is 14.7. The Balaban J connectivity index is 0.000000785. The second-order valence-corrected chi connectivity index (χ2v) is 11.0. The van der Waals surface area contributed by atoms with Crippen LogP contribution in [0.4, 0.5) is 0 Å². The van der Waals surface area contributed by atoms with Gasteiger partial charge in [-0.15, -0.1) is 0 Å². The van der Waals surface area contributed by atoms with Gasteiger partial charge >= 0.3 is 35.5 Å². The van der Waals surface area contributed by atoms with Crippen molar-refractivity contribution in [3.8, 4) is 33.8 Å². The zero-order valence-electron chi connectivity index (χ0n) is 28.8. The molecular weight excluding hydrogens is 595 g/mol. The number of esters is 1. The number of aromatic hydroxyl groups is 1. The molecule has 0 radical (unpaired) electrons. The van der Waals surface area contributed by atoms with Gasteiger partial charge in [0.05, 0.1) is 11.1 Å². The van der Waals surface area contributed by atoms with Crippen LogP contribution in [0.15, 0.2) is 82.4 Å². The molecule has 0 atom stereocenters. The summed E-state index contributed by atoms with van der Waals surface area (Å²) < 4.78 is 8.57. The molecule has 2 aromatic heterocycles. The summed E-state index contributed by atoms with van der Waals surface area (Å²) in [5, 5.41) is 25.4. The second-order valence-electron chi connectivity index (χ2n) is 11.0. The minimum absolute atomic E-state index is 0. The molecule has 9 nitrogen and oxygen atoms in total. The van der Waals surface area contributed by atoms with Crippen LogP contribution in [-0.4, -0.2) is 39.5 Å². The van der Waals surface area contributed by atoms with E-state index in [1.807, 2.05) is 60.7 Å². The third-order valence-corrected chi connectivity index (χ3v) is 6.62. The van der Waals surface area contributed by atoms with Crippen LogP contribution in [0.1, 0.15) is 46.0 Å². The molecule has 4 aromatic rings. The summed E-state index contributed by atoms with van der Waals surface area (Å²) in [6.07, 6.45) is 1.52. The number of aliphatic hydroxyl groups is 1. The summed E-state index contributed by atoms with van der Waals surface area (Å²) in [7, 11) is 5.26. The largest absolute Gasteiger partial charge is 1.00 e. The van der Waals surface area contributed by atoms with E-state index in [0.717, 1.165) is 49.6 Å². The first-order chi connectivity index (χ1) is 21.4. The summed E-state index contributed by atoms with van der Waals surface area (Å²) in [4.78, 5) is 36.5. The predicted molar refractivity (Wildman–Crippen MR) is 178 cm³/mol. The molecule has 2 heterocycles. The maximum absolute atomic E-state index is 12.7. The molecule has 2 aromatic carbocycles. The fourth-order valence-electron chi connectivity index (χ4n) is 4.67. The molecule has 244 valence electrons. The van der Waals surface area contributed by atoms with Gasteiger partial charge in [0.15, 0.2) is 0 Å². The number of hydrogen-bond donors (Lipinski definition) is 2. The van der Waals surface area contributed by atoms with Crippen molar-refractivity contribution in [2.75, 3.05) is 14.2 Å². The number of pyridine rings is 2. The molecule has 0 fully saturated rings. The Kier molecular flexibility index (Phi) is 19.7. The molecule has 0 saturated carbocycles. The number of aliphatic hydroxyl groups excluding tert-OH is 1. The van der Waals surface area contributed by atoms with E-state index in [4.69, 9.17) is 14.9 Å². The van der Waals surface area contributed by atoms with Crippen LogP contribution >= 0.6 is 0 Å². The van der Waals surface area contributed by atoms with Gasteiger partial charge in [0.1, 0.15) is 11.5 Å². The van der Waals surface area contributed by atoms with Crippen LogP contribution in [0.5, 0.6) is 11.5 Å². The van der Waals surface area contributed by atoms with Crippen molar-refractivity contribution in [1.29, 1.82) is 0 Å². The van der Waals surface area contributed by atoms with Gasteiger partial charge in [-0.1, -0.05) is 88.4 Å². The molecule has 0 aliphatic heterocycles. The summed E-state index contributed by atoms with van der Waals surface area (Å²) in [5.41, 5.74) is 3.70. The molecule has 0 aliphatic carbocycles. The van der Waals surface area contributed by atoms with Gasteiger partial charge in [-0.05, 0) is 35.8 Å². The molecule has 0 spiro atoms. The number of rotatable bonds is 7. The van der Waals surface area contributed by atoms with Crippen molar-refractivity contribution in [3.63, 3.8) is 0 Å². The third kappa shape index (κ3) is 12.0. The smallest absolute Gasteiger partial charge is 0.857 e. The standard InChI is InChI=1S/C18H21NO3.C16H19NO2.CH4O.CH3O.Na/c1-12(2)10-15-11-16(22-13(3)20)17(18(21)19(15)4)14-8-6-5-7-9-14;1-11(2)9-13-10-14(18)15(16(19)17(13)3)12-7-5-4-6-8-12;2*1-2;/h5-9,11-12H,10H2,1-4H3;4-8,10-11,18H,9H2,1-3H3;2H,1H3;1H3;/q;;;-1;+1. The Hall–Kier alpha value is -3.47. The quantitative estimate of drug-likeness (QED) is 0.232. The summed E-state index contributed by atoms with van der Waals surface area (Å²) in [5.74, 6) is 0.800. The summed E-state index contributed by atoms with van der Waals surface area (Å²) in [6, 6.07) is 22.0. The van der Waals surface area contributed by atoms with E-state index in [-0.39, 0.29) is 46.4 Å². The number of hydrogen-bond acceptors (Lipinski definition) is 7.